The number of aryl methyl sites for hydroxylation is 4. The average molecular weight is 935 g/mol. The van der Waals surface area contributed by atoms with Crippen molar-refractivity contribution in [3.05, 3.63) is 144 Å². The fraction of sp³-hybridized carbons (Fsp3) is 0.240. The second-order valence-corrected chi connectivity index (χ2v) is 50.9. The van der Waals surface area contributed by atoms with Gasteiger partial charge >= 0.3 is 53.5 Å². The van der Waals surface area contributed by atoms with Gasteiger partial charge in [0.25, 0.3) is 0 Å². The van der Waals surface area contributed by atoms with Crippen molar-refractivity contribution in [3.8, 4) is 44.9 Å². The summed E-state index contributed by atoms with van der Waals surface area (Å²) in [4.78, 5) is 0. The van der Waals surface area contributed by atoms with Crippen molar-refractivity contribution in [1.29, 1.82) is 0 Å². The van der Waals surface area contributed by atoms with Crippen LogP contribution in [-0.2, 0) is 18.0 Å². The normalized spacial score (nSPS) is 11.6. The standard InChI is InChI=1S/2C24H25OSi.C2H6Si.2ClH.Zr/c2*1-16-6-8-19-14-20(23-13-7-17(2)25-23)15-22(19)24(16)18-9-11-21(12-10-18)26(3,4)5;1-3-2;;;/h2*6-15H,1-5H3;1-2H3;2*1H;/q2*-1;;;;+2/p-2. The summed E-state index contributed by atoms with van der Waals surface area (Å²) < 4.78 is 11.7. The Morgan fingerprint density at radius 2 is 0.845 bits per heavy atom. The summed E-state index contributed by atoms with van der Waals surface area (Å²) in [7, 11) is 8.69. The number of halogens is 2. The SMILES string of the molecule is C[Si](C)=[Zr]([Cl])[Cl].Cc1ccc(-c2cc3c(-c4ccc([Si](C)(C)C)cc4)c(C)ccc3[cH-]2)o1.Cc1ccc(-c2cc3c(-c4ccc([Si](C)(C)C)cc4)c(C)ccc3[cH-]2)o1. The van der Waals surface area contributed by atoms with Crippen LogP contribution >= 0.6 is 17.0 Å². The second-order valence-electron chi connectivity index (χ2n) is 17.7. The van der Waals surface area contributed by atoms with E-state index < -0.39 is 34.1 Å². The smallest absolute Gasteiger partial charge is 0.0896 e. The minimum Gasteiger partial charge on any atom is -0.496 e. The van der Waals surface area contributed by atoms with Gasteiger partial charge in [-0.2, -0.15) is 0 Å². The Kier molecular flexibility index (Phi) is 13.9. The van der Waals surface area contributed by atoms with Crippen molar-refractivity contribution < 1.29 is 26.8 Å². The van der Waals surface area contributed by atoms with Gasteiger partial charge in [-0.05, 0) is 74.2 Å². The first-order valence-corrected chi connectivity index (χ1v) is 39.6. The van der Waals surface area contributed by atoms with Crippen molar-refractivity contribution >= 4 is 70.5 Å². The van der Waals surface area contributed by atoms with Crippen LogP contribution in [0.25, 0.3) is 66.4 Å². The molecule has 300 valence electrons. The summed E-state index contributed by atoms with van der Waals surface area (Å²) in [5, 5.41) is 8.14. The van der Waals surface area contributed by atoms with Gasteiger partial charge in [-0.15, -0.1) is 57.9 Å². The van der Waals surface area contributed by atoms with E-state index >= 15 is 0 Å². The Bertz CT molecular complexity index is 2520. The number of hydrogen-bond donors (Lipinski definition) is 0. The molecule has 2 aromatic heterocycles. The molecule has 0 unspecified atom stereocenters. The van der Waals surface area contributed by atoms with E-state index in [1.54, 1.807) is 0 Å². The topological polar surface area (TPSA) is 26.3 Å². The Hall–Kier alpha value is -3.23. The molecule has 0 aliphatic rings. The first kappa shape index (κ1) is 44.3. The molecule has 0 spiro atoms. The second kappa shape index (κ2) is 18.2. The molecule has 2 heterocycles. The van der Waals surface area contributed by atoms with E-state index in [0.717, 1.165) is 34.2 Å². The van der Waals surface area contributed by atoms with E-state index in [4.69, 9.17) is 25.9 Å². The summed E-state index contributed by atoms with van der Waals surface area (Å²) in [5.41, 5.74) is 9.96. The predicted octanol–water partition coefficient (Wildman–Crippen LogP) is 15.5. The molecule has 0 bridgehead atoms. The quantitative estimate of drug-likeness (QED) is 0.123. The molecule has 8 heteroatoms. The molecule has 0 saturated heterocycles. The maximum absolute atomic E-state index is 5.83. The Balaban J connectivity index is 0.000000172. The zero-order chi connectivity index (χ0) is 42.1. The number of fused-ring (bicyclic) bond motifs is 2. The summed E-state index contributed by atoms with van der Waals surface area (Å²) in [6, 6.07) is 44.5. The van der Waals surface area contributed by atoms with Crippen molar-refractivity contribution in [1.82, 2.24) is 0 Å². The Morgan fingerprint density at radius 1 is 0.500 bits per heavy atom. The molecule has 8 rings (SSSR count). The molecule has 0 radical (unpaired) electrons. The Labute approximate surface area is 363 Å². The maximum Gasteiger partial charge on any atom is 0.0896 e. The minimum atomic E-state index is -1.65. The third-order valence-electron chi connectivity index (χ3n) is 10.7. The van der Waals surface area contributed by atoms with Gasteiger partial charge in [0.1, 0.15) is 0 Å². The van der Waals surface area contributed by atoms with Crippen LogP contribution < -0.4 is 10.4 Å². The summed E-state index contributed by atoms with van der Waals surface area (Å²) >= 11 is -1.65. The van der Waals surface area contributed by atoms with Crippen LogP contribution in [-0.4, -0.2) is 21.6 Å². The zero-order valence-corrected chi connectivity index (χ0v) is 43.1. The molecule has 0 atom stereocenters. The van der Waals surface area contributed by atoms with Crippen molar-refractivity contribution in [3.63, 3.8) is 0 Å². The summed E-state index contributed by atoms with van der Waals surface area (Å²) in [5.74, 6) is 3.78. The molecule has 0 amide bonds. The van der Waals surface area contributed by atoms with Crippen molar-refractivity contribution in [2.45, 2.75) is 80.1 Å². The van der Waals surface area contributed by atoms with E-state index in [2.05, 4.69) is 175 Å². The van der Waals surface area contributed by atoms with E-state index in [9.17, 15) is 0 Å². The van der Waals surface area contributed by atoms with E-state index in [1.165, 1.54) is 65.3 Å². The van der Waals surface area contributed by atoms with Crippen LogP contribution in [0.3, 0.4) is 0 Å². The molecule has 6 aromatic carbocycles. The summed E-state index contributed by atoms with van der Waals surface area (Å²) in [6.07, 6.45) is 0. The van der Waals surface area contributed by atoms with Gasteiger partial charge in [0, 0.05) is 0 Å². The van der Waals surface area contributed by atoms with E-state index in [-0.39, 0.29) is 5.43 Å². The molecule has 58 heavy (non-hydrogen) atoms. The van der Waals surface area contributed by atoms with E-state index in [1.807, 2.05) is 26.0 Å². The van der Waals surface area contributed by atoms with Gasteiger partial charge in [-0.3, -0.25) is 0 Å². The number of hydrogen-bond acceptors (Lipinski definition) is 2. The molecule has 0 N–H and O–H groups in total. The average Bonchev–Trinajstić information content (AvgIpc) is 3.98. The van der Waals surface area contributed by atoms with Crippen molar-refractivity contribution in [2.24, 2.45) is 0 Å². The van der Waals surface area contributed by atoms with Gasteiger partial charge in [0.15, 0.2) is 0 Å². The van der Waals surface area contributed by atoms with Gasteiger partial charge in [-0.25, -0.2) is 0 Å². The van der Waals surface area contributed by atoms with Gasteiger partial charge in [0.05, 0.1) is 39.2 Å². The van der Waals surface area contributed by atoms with Gasteiger partial charge in [-0.1, -0.05) is 133 Å². The first-order valence-electron chi connectivity index (χ1n) is 20.0. The van der Waals surface area contributed by atoms with Crippen LogP contribution in [0.4, 0.5) is 0 Å². The molecular weight excluding hydrogens is 879 g/mol. The molecule has 8 aromatic rings. The summed E-state index contributed by atoms with van der Waals surface area (Å²) in [6.45, 7) is 27.1. The van der Waals surface area contributed by atoms with Crippen LogP contribution in [0.15, 0.2) is 130 Å². The van der Waals surface area contributed by atoms with Gasteiger partial charge < -0.3 is 8.83 Å². The third kappa shape index (κ3) is 10.4. The fourth-order valence-corrected chi connectivity index (χ4v) is 9.62. The van der Waals surface area contributed by atoms with E-state index in [0.29, 0.717) is 0 Å². The number of furan rings is 2. The molecular formula is C50H56Cl2O2Si3Zr-2. The number of benzene rings is 4. The van der Waals surface area contributed by atoms with Crippen molar-refractivity contribution in [2.75, 3.05) is 0 Å². The zero-order valence-electron chi connectivity index (χ0n) is 36.1. The monoisotopic (exact) mass is 932 g/mol. The largest absolute Gasteiger partial charge is 0.496 e. The number of rotatable bonds is 6. The molecule has 2 nitrogen and oxygen atoms in total. The predicted molar refractivity (Wildman–Crippen MR) is 259 cm³/mol. The van der Waals surface area contributed by atoms with Crippen LogP contribution in [0, 0.1) is 27.7 Å². The van der Waals surface area contributed by atoms with Gasteiger partial charge in [0.2, 0.25) is 0 Å². The maximum atomic E-state index is 5.83. The molecule has 0 aliphatic heterocycles. The molecule has 0 saturated carbocycles. The fourth-order valence-electron chi connectivity index (χ4n) is 7.29. The van der Waals surface area contributed by atoms with Crippen LogP contribution in [0.1, 0.15) is 22.6 Å². The molecule has 0 aliphatic carbocycles. The minimum absolute atomic E-state index is 0.224. The first-order chi connectivity index (χ1) is 27.3. The van der Waals surface area contributed by atoms with Crippen LogP contribution in [0.5, 0.6) is 0 Å². The van der Waals surface area contributed by atoms with Crippen LogP contribution in [0.2, 0.25) is 52.4 Å². The third-order valence-corrected chi connectivity index (χ3v) is 34.6. The Morgan fingerprint density at radius 3 is 1.12 bits per heavy atom. The molecule has 0 fully saturated rings.